The van der Waals surface area contributed by atoms with Crippen LogP contribution in [0.1, 0.15) is 52.4 Å². The number of hydrogen-bond donors (Lipinski definition) is 1. The zero-order chi connectivity index (χ0) is 18.0. The maximum atomic E-state index is 11.8. The Morgan fingerprint density at radius 2 is 1.92 bits per heavy atom. The van der Waals surface area contributed by atoms with Crippen molar-refractivity contribution in [2.45, 2.75) is 58.5 Å². The molecule has 3 saturated carbocycles. The summed E-state index contributed by atoms with van der Waals surface area (Å²) in [5.41, 5.74) is 0.997. The molecule has 25 heavy (non-hydrogen) atoms. The van der Waals surface area contributed by atoms with Gasteiger partial charge in [-0.1, -0.05) is 25.5 Å². The van der Waals surface area contributed by atoms with Crippen LogP contribution >= 0.6 is 0 Å². The Morgan fingerprint density at radius 1 is 1.16 bits per heavy atom. The molecule has 0 unspecified atom stereocenters. The van der Waals surface area contributed by atoms with Gasteiger partial charge in [0.1, 0.15) is 0 Å². The lowest BCUT2D eigenvalue weighted by Crippen LogP contribution is -2.50. The maximum absolute atomic E-state index is 11.8. The van der Waals surface area contributed by atoms with Crippen LogP contribution in [0.4, 0.5) is 0 Å². The van der Waals surface area contributed by atoms with E-state index in [2.05, 4.69) is 19.9 Å². The first kappa shape index (κ1) is 17.4. The molecular formula is C19H26O5S. The predicted molar refractivity (Wildman–Crippen MR) is 93.0 cm³/mol. The van der Waals surface area contributed by atoms with Crippen LogP contribution in [0, 0.1) is 28.6 Å². The molecule has 0 aromatic heterocycles. The Balaban J connectivity index is 1.63. The second kappa shape index (κ2) is 5.51. The summed E-state index contributed by atoms with van der Waals surface area (Å²) in [5.74, 6) is 1.49. The highest BCUT2D eigenvalue weighted by Crippen LogP contribution is 2.64. The molecule has 4 aliphatic rings. The van der Waals surface area contributed by atoms with E-state index in [1.54, 1.807) is 6.08 Å². The number of carbonyl (C=O) groups excluding carboxylic acids is 1. The van der Waals surface area contributed by atoms with Crippen LogP contribution in [0.15, 0.2) is 23.8 Å². The van der Waals surface area contributed by atoms with Crippen LogP contribution in [0.5, 0.6) is 0 Å². The van der Waals surface area contributed by atoms with Gasteiger partial charge >= 0.3 is 10.4 Å². The second-order valence-electron chi connectivity index (χ2n) is 8.74. The quantitative estimate of drug-likeness (QED) is 0.757. The van der Waals surface area contributed by atoms with Crippen molar-refractivity contribution in [2.24, 2.45) is 28.6 Å². The van der Waals surface area contributed by atoms with E-state index in [1.807, 2.05) is 6.08 Å². The number of ketones is 1. The van der Waals surface area contributed by atoms with E-state index in [9.17, 15) is 13.2 Å². The molecule has 5 nitrogen and oxygen atoms in total. The third-order valence-corrected chi connectivity index (χ3v) is 8.18. The molecule has 0 amide bonds. The summed E-state index contributed by atoms with van der Waals surface area (Å²) in [6.07, 6.45) is 10.7. The topological polar surface area (TPSA) is 80.7 Å². The van der Waals surface area contributed by atoms with Crippen LogP contribution in [0.3, 0.4) is 0 Å². The van der Waals surface area contributed by atoms with Crippen molar-refractivity contribution < 1.29 is 21.9 Å². The fraction of sp³-hybridized carbons (Fsp3) is 0.737. The molecule has 0 aromatic rings. The van der Waals surface area contributed by atoms with Gasteiger partial charge in [0.25, 0.3) is 0 Å². The van der Waals surface area contributed by atoms with E-state index in [4.69, 9.17) is 8.74 Å². The summed E-state index contributed by atoms with van der Waals surface area (Å²) in [5, 5.41) is 0. The SMILES string of the molecule is C[C@]12CC[C@H]3[C@@H](CCC4=CC(=O)C=C[C@@]43C)[C@@H]1CC[C@H]2OS(=O)(=O)O. The molecule has 6 heteroatoms. The average Bonchev–Trinajstić information content (AvgIpc) is 2.83. The molecule has 0 aromatic carbocycles. The number of fused-ring (bicyclic) bond motifs is 5. The highest BCUT2D eigenvalue weighted by atomic mass is 32.3. The summed E-state index contributed by atoms with van der Waals surface area (Å²) < 4.78 is 36.7. The largest absolute Gasteiger partial charge is 0.397 e. The summed E-state index contributed by atoms with van der Waals surface area (Å²) in [4.78, 5) is 11.8. The molecule has 0 radical (unpaired) electrons. The molecule has 0 bridgehead atoms. The Morgan fingerprint density at radius 3 is 2.64 bits per heavy atom. The van der Waals surface area contributed by atoms with Gasteiger partial charge in [0.2, 0.25) is 0 Å². The van der Waals surface area contributed by atoms with Crippen molar-refractivity contribution >= 4 is 16.2 Å². The first-order valence-corrected chi connectivity index (χ1v) is 10.6. The minimum absolute atomic E-state index is 0.0554. The summed E-state index contributed by atoms with van der Waals surface area (Å²) >= 11 is 0. The molecule has 0 aliphatic heterocycles. The van der Waals surface area contributed by atoms with Gasteiger partial charge in [-0.05, 0) is 73.8 Å². The highest BCUT2D eigenvalue weighted by Gasteiger charge is 2.59. The Bertz CT molecular complexity index is 767. The van der Waals surface area contributed by atoms with Gasteiger partial charge in [-0.3, -0.25) is 9.35 Å². The van der Waals surface area contributed by atoms with E-state index < -0.39 is 16.5 Å². The van der Waals surface area contributed by atoms with Crippen LogP contribution < -0.4 is 0 Å². The second-order valence-corrected chi connectivity index (χ2v) is 9.79. The van der Waals surface area contributed by atoms with Crippen molar-refractivity contribution in [1.82, 2.24) is 0 Å². The molecule has 0 heterocycles. The van der Waals surface area contributed by atoms with E-state index in [0.29, 0.717) is 24.2 Å². The Kier molecular flexibility index (Phi) is 3.84. The molecule has 3 fully saturated rings. The average molecular weight is 366 g/mol. The van der Waals surface area contributed by atoms with Gasteiger partial charge in [-0.15, -0.1) is 0 Å². The van der Waals surface area contributed by atoms with E-state index in [-0.39, 0.29) is 16.6 Å². The zero-order valence-electron chi connectivity index (χ0n) is 14.8. The predicted octanol–water partition coefficient (Wildman–Crippen LogP) is 3.48. The molecule has 1 N–H and O–H groups in total. The standard InChI is InChI=1S/C19H26O5S/c1-18-9-7-13(20)11-12(18)3-4-14-15-5-6-17(24-25(21,22)23)19(15,2)10-8-16(14)18/h7,9,11,14-17H,3-6,8,10H2,1-2H3,(H,21,22,23)/t14-,15-,16-,17+,18-,19-/m0/s1. The van der Waals surface area contributed by atoms with Gasteiger partial charge in [0.05, 0.1) is 6.10 Å². The van der Waals surface area contributed by atoms with Gasteiger partial charge in [-0.25, -0.2) is 4.18 Å². The van der Waals surface area contributed by atoms with Crippen LogP contribution in [0.25, 0.3) is 0 Å². The van der Waals surface area contributed by atoms with E-state index in [1.165, 1.54) is 5.57 Å². The molecule has 6 atom stereocenters. The number of carbonyl (C=O) groups is 1. The van der Waals surface area contributed by atoms with Crippen molar-refractivity contribution in [3.63, 3.8) is 0 Å². The zero-order valence-corrected chi connectivity index (χ0v) is 15.6. The fourth-order valence-electron chi connectivity index (χ4n) is 6.45. The number of allylic oxidation sites excluding steroid dienone is 4. The lowest BCUT2D eigenvalue weighted by Gasteiger charge is -2.56. The molecule has 138 valence electrons. The van der Waals surface area contributed by atoms with Gasteiger partial charge in [0.15, 0.2) is 5.78 Å². The monoisotopic (exact) mass is 366 g/mol. The number of rotatable bonds is 2. The first-order valence-electron chi connectivity index (χ1n) is 9.23. The third kappa shape index (κ3) is 2.64. The normalized spacial score (nSPS) is 46.2. The van der Waals surface area contributed by atoms with E-state index >= 15 is 0 Å². The van der Waals surface area contributed by atoms with Gasteiger partial charge < -0.3 is 0 Å². The smallest absolute Gasteiger partial charge is 0.290 e. The molecule has 4 aliphatic carbocycles. The van der Waals surface area contributed by atoms with Crippen LogP contribution in [-0.2, 0) is 19.4 Å². The maximum Gasteiger partial charge on any atom is 0.397 e. The van der Waals surface area contributed by atoms with Crippen LogP contribution in [-0.4, -0.2) is 24.9 Å². The summed E-state index contributed by atoms with van der Waals surface area (Å²) in [7, 11) is -4.42. The van der Waals surface area contributed by atoms with Crippen LogP contribution in [0.2, 0.25) is 0 Å². The molecule has 0 spiro atoms. The highest BCUT2D eigenvalue weighted by molar-refractivity contribution is 7.80. The van der Waals surface area contributed by atoms with E-state index in [0.717, 1.165) is 32.1 Å². The van der Waals surface area contributed by atoms with Crippen molar-refractivity contribution in [3.8, 4) is 0 Å². The molecular weight excluding hydrogens is 340 g/mol. The van der Waals surface area contributed by atoms with Gasteiger partial charge in [0, 0.05) is 5.41 Å². The van der Waals surface area contributed by atoms with Crippen molar-refractivity contribution in [1.29, 1.82) is 0 Å². The Labute approximate surface area is 149 Å². The minimum atomic E-state index is -4.42. The minimum Gasteiger partial charge on any atom is -0.290 e. The Hall–Kier alpha value is -0.980. The lowest BCUT2D eigenvalue weighted by molar-refractivity contribution is -0.111. The summed E-state index contributed by atoms with van der Waals surface area (Å²) in [6, 6.07) is 0. The third-order valence-electron chi connectivity index (χ3n) is 7.71. The van der Waals surface area contributed by atoms with Crippen molar-refractivity contribution in [3.05, 3.63) is 23.8 Å². The molecule has 4 rings (SSSR count). The summed E-state index contributed by atoms with van der Waals surface area (Å²) in [6.45, 7) is 4.38. The van der Waals surface area contributed by atoms with Crippen molar-refractivity contribution in [2.75, 3.05) is 0 Å². The van der Waals surface area contributed by atoms with Gasteiger partial charge in [-0.2, -0.15) is 8.42 Å². The number of hydrogen-bond acceptors (Lipinski definition) is 4. The first-order chi connectivity index (χ1) is 11.6. The molecule has 0 saturated heterocycles. The fourth-order valence-corrected chi connectivity index (χ4v) is 7.06. The lowest BCUT2D eigenvalue weighted by atomic mass is 9.48.